The molecule has 0 fully saturated rings. The van der Waals surface area contributed by atoms with E-state index in [0.29, 0.717) is 6.54 Å². The summed E-state index contributed by atoms with van der Waals surface area (Å²) in [5.41, 5.74) is 5.07. The first-order valence-electron chi connectivity index (χ1n) is 3.64. The maximum absolute atomic E-state index is 9.20. The lowest BCUT2D eigenvalue weighted by atomic mass is 9.99. The predicted octanol–water partition coefficient (Wildman–Crippen LogP) is -0.306. The molecule has 1 unspecified atom stereocenters. The van der Waals surface area contributed by atoms with E-state index in [9.17, 15) is 5.11 Å². The standard InChI is InChI=1S/C7H18N2O/c1-6(10)7(2,3)9-5-4-8/h6,9-10H,4-5,8H2,1-3H3. The van der Waals surface area contributed by atoms with E-state index < -0.39 is 0 Å². The highest BCUT2D eigenvalue weighted by molar-refractivity contribution is 4.82. The molecular formula is C7H18N2O. The molecule has 0 heterocycles. The Labute approximate surface area is 62.6 Å². The Hall–Kier alpha value is -0.120. The van der Waals surface area contributed by atoms with Crippen LogP contribution in [0.3, 0.4) is 0 Å². The molecule has 0 aromatic heterocycles. The normalized spacial score (nSPS) is 15.3. The van der Waals surface area contributed by atoms with Gasteiger partial charge in [-0.1, -0.05) is 0 Å². The van der Waals surface area contributed by atoms with Crippen LogP contribution in [0.15, 0.2) is 0 Å². The molecule has 62 valence electrons. The fourth-order valence-electron chi connectivity index (χ4n) is 0.542. The average molecular weight is 146 g/mol. The highest BCUT2D eigenvalue weighted by atomic mass is 16.3. The molecule has 0 saturated heterocycles. The van der Waals surface area contributed by atoms with Gasteiger partial charge in [0.15, 0.2) is 0 Å². The van der Waals surface area contributed by atoms with E-state index in [2.05, 4.69) is 5.32 Å². The van der Waals surface area contributed by atoms with Crippen molar-refractivity contribution in [3.05, 3.63) is 0 Å². The van der Waals surface area contributed by atoms with Crippen LogP contribution in [0.4, 0.5) is 0 Å². The highest BCUT2D eigenvalue weighted by Crippen LogP contribution is 2.06. The second-order valence-electron chi connectivity index (χ2n) is 3.11. The van der Waals surface area contributed by atoms with Gasteiger partial charge in [-0.3, -0.25) is 0 Å². The minimum absolute atomic E-state index is 0.223. The number of aliphatic hydroxyl groups is 1. The summed E-state index contributed by atoms with van der Waals surface area (Å²) >= 11 is 0. The molecule has 0 aromatic rings. The zero-order valence-electron chi connectivity index (χ0n) is 7.02. The lowest BCUT2D eigenvalue weighted by molar-refractivity contribution is 0.0977. The van der Waals surface area contributed by atoms with Crippen molar-refractivity contribution in [3.8, 4) is 0 Å². The van der Waals surface area contributed by atoms with Crippen molar-refractivity contribution in [3.63, 3.8) is 0 Å². The van der Waals surface area contributed by atoms with E-state index in [1.807, 2.05) is 13.8 Å². The molecule has 0 rings (SSSR count). The first-order chi connectivity index (χ1) is 4.50. The van der Waals surface area contributed by atoms with Gasteiger partial charge >= 0.3 is 0 Å². The van der Waals surface area contributed by atoms with Gasteiger partial charge < -0.3 is 16.2 Å². The van der Waals surface area contributed by atoms with Crippen molar-refractivity contribution in [1.82, 2.24) is 5.32 Å². The van der Waals surface area contributed by atoms with E-state index in [4.69, 9.17) is 5.73 Å². The van der Waals surface area contributed by atoms with E-state index >= 15 is 0 Å². The first kappa shape index (κ1) is 9.88. The Balaban J connectivity index is 3.63. The van der Waals surface area contributed by atoms with E-state index in [0.717, 1.165) is 6.54 Å². The number of nitrogens with two attached hydrogens (primary N) is 1. The number of hydrogen-bond donors (Lipinski definition) is 3. The third-order valence-corrected chi connectivity index (χ3v) is 1.77. The largest absolute Gasteiger partial charge is 0.392 e. The quantitative estimate of drug-likeness (QED) is 0.510. The summed E-state index contributed by atoms with van der Waals surface area (Å²) in [6.07, 6.45) is -0.348. The molecule has 0 spiro atoms. The Morgan fingerprint density at radius 1 is 1.60 bits per heavy atom. The number of nitrogens with one attached hydrogen (secondary N) is 1. The number of hydrogen-bond acceptors (Lipinski definition) is 3. The minimum Gasteiger partial charge on any atom is -0.392 e. The zero-order chi connectivity index (χ0) is 8.20. The van der Waals surface area contributed by atoms with Crippen LogP contribution in [-0.2, 0) is 0 Å². The van der Waals surface area contributed by atoms with Gasteiger partial charge in [0.05, 0.1) is 6.10 Å². The molecule has 3 nitrogen and oxygen atoms in total. The molecule has 3 heteroatoms. The maximum atomic E-state index is 9.20. The third kappa shape index (κ3) is 3.15. The van der Waals surface area contributed by atoms with Crippen molar-refractivity contribution in [2.75, 3.05) is 13.1 Å². The van der Waals surface area contributed by atoms with Gasteiger partial charge in [-0.05, 0) is 20.8 Å². The highest BCUT2D eigenvalue weighted by Gasteiger charge is 2.21. The monoisotopic (exact) mass is 146 g/mol. The molecule has 0 aromatic carbocycles. The fourth-order valence-corrected chi connectivity index (χ4v) is 0.542. The summed E-state index contributed by atoms with van der Waals surface area (Å²) in [5, 5.41) is 12.3. The summed E-state index contributed by atoms with van der Waals surface area (Å²) in [5.74, 6) is 0. The minimum atomic E-state index is -0.348. The SMILES string of the molecule is CC(O)C(C)(C)NCCN. The second kappa shape index (κ2) is 3.91. The van der Waals surface area contributed by atoms with Crippen LogP contribution < -0.4 is 11.1 Å². The molecule has 0 radical (unpaired) electrons. The summed E-state index contributed by atoms with van der Waals surface area (Å²) in [7, 11) is 0. The van der Waals surface area contributed by atoms with Gasteiger partial charge in [0.2, 0.25) is 0 Å². The average Bonchev–Trinajstić information content (AvgIpc) is 1.84. The van der Waals surface area contributed by atoms with Crippen LogP contribution in [0.25, 0.3) is 0 Å². The van der Waals surface area contributed by atoms with Crippen LogP contribution >= 0.6 is 0 Å². The smallest absolute Gasteiger partial charge is 0.0688 e. The second-order valence-corrected chi connectivity index (χ2v) is 3.11. The third-order valence-electron chi connectivity index (χ3n) is 1.77. The van der Waals surface area contributed by atoms with Crippen LogP contribution in [0.2, 0.25) is 0 Å². The van der Waals surface area contributed by atoms with Crippen molar-refractivity contribution < 1.29 is 5.11 Å². The van der Waals surface area contributed by atoms with E-state index in [1.54, 1.807) is 6.92 Å². The molecule has 0 aliphatic heterocycles. The summed E-state index contributed by atoms with van der Waals surface area (Å²) in [6, 6.07) is 0. The van der Waals surface area contributed by atoms with Gasteiger partial charge in [-0.25, -0.2) is 0 Å². The fraction of sp³-hybridized carbons (Fsp3) is 1.00. The molecule has 0 aliphatic rings. The molecule has 0 bridgehead atoms. The number of rotatable bonds is 4. The van der Waals surface area contributed by atoms with Crippen LogP contribution in [-0.4, -0.2) is 29.8 Å². The molecule has 4 N–H and O–H groups in total. The Morgan fingerprint density at radius 3 is 2.40 bits per heavy atom. The molecule has 0 amide bonds. The molecule has 0 aliphatic carbocycles. The van der Waals surface area contributed by atoms with Gasteiger partial charge in [0.1, 0.15) is 0 Å². The van der Waals surface area contributed by atoms with Crippen LogP contribution in [0, 0.1) is 0 Å². The Kier molecular flexibility index (Phi) is 3.86. The maximum Gasteiger partial charge on any atom is 0.0688 e. The van der Waals surface area contributed by atoms with Crippen molar-refractivity contribution >= 4 is 0 Å². The summed E-state index contributed by atoms with van der Waals surface area (Å²) in [4.78, 5) is 0. The summed E-state index contributed by atoms with van der Waals surface area (Å²) < 4.78 is 0. The van der Waals surface area contributed by atoms with Crippen molar-refractivity contribution in [1.29, 1.82) is 0 Å². The van der Waals surface area contributed by atoms with Gasteiger partial charge in [0, 0.05) is 18.6 Å². The van der Waals surface area contributed by atoms with Crippen molar-refractivity contribution in [2.45, 2.75) is 32.4 Å². The zero-order valence-corrected chi connectivity index (χ0v) is 7.02. The Bertz CT molecular complexity index is 91.6. The van der Waals surface area contributed by atoms with Crippen molar-refractivity contribution in [2.24, 2.45) is 5.73 Å². The van der Waals surface area contributed by atoms with E-state index in [-0.39, 0.29) is 11.6 Å². The lowest BCUT2D eigenvalue weighted by Gasteiger charge is -2.29. The summed E-state index contributed by atoms with van der Waals surface area (Å²) in [6.45, 7) is 7.03. The van der Waals surface area contributed by atoms with Gasteiger partial charge in [-0.2, -0.15) is 0 Å². The van der Waals surface area contributed by atoms with Crippen LogP contribution in [0.1, 0.15) is 20.8 Å². The number of aliphatic hydroxyl groups excluding tert-OH is 1. The lowest BCUT2D eigenvalue weighted by Crippen LogP contribution is -2.49. The van der Waals surface area contributed by atoms with Gasteiger partial charge in [0.25, 0.3) is 0 Å². The first-order valence-corrected chi connectivity index (χ1v) is 3.64. The molecule has 10 heavy (non-hydrogen) atoms. The van der Waals surface area contributed by atoms with E-state index in [1.165, 1.54) is 0 Å². The molecular weight excluding hydrogens is 128 g/mol. The Morgan fingerprint density at radius 2 is 2.10 bits per heavy atom. The van der Waals surface area contributed by atoms with Gasteiger partial charge in [-0.15, -0.1) is 0 Å². The topological polar surface area (TPSA) is 58.3 Å². The predicted molar refractivity (Wildman–Crippen MR) is 42.8 cm³/mol. The molecule has 1 atom stereocenters. The van der Waals surface area contributed by atoms with Crippen LogP contribution in [0.5, 0.6) is 0 Å². The molecule has 0 saturated carbocycles.